The van der Waals surface area contributed by atoms with Crippen molar-refractivity contribution < 1.29 is 14.9 Å². The van der Waals surface area contributed by atoms with Gasteiger partial charge in [-0.15, -0.1) is 0 Å². The third-order valence-electron chi connectivity index (χ3n) is 3.13. The molecule has 2 rings (SSSR count). The van der Waals surface area contributed by atoms with Crippen LogP contribution < -0.4 is 10.5 Å². The van der Waals surface area contributed by atoms with E-state index in [0.29, 0.717) is 5.75 Å². The van der Waals surface area contributed by atoms with Crippen LogP contribution in [0.15, 0.2) is 18.2 Å². The maximum atomic E-state index is 9.21. The van der Waals surface area contributed by atoms with E-state index in [1.807, 2.05) is 18.2 Å². The number of aliphatic hydroxyl groups is 2. The van der Waals surface area contributed by atoms with Gasteiger partial charge in [0, 0.05) is 6.04 Å². The fourth-order valence-electron chi connectivity index (χ4n) is 2.15. The molecule has 0 fully saturated rings. The summed E-state index contributed by atoms with van der Waals surface area (Å²) in [4.78, 5) is 0. The second-order valence-electron chi connectivity index (χ2n) is 4.51. The second-order valence-corrected chi connectivity index (χ2v) is 4.51. The molecule has 4 nitrogen and oxygen atoms in total. The van der Waals surface area contributed by atoms with Gasteiger partial charge < -0.3 is 20.7 Å². The highest BCUT2D eigenvalue weighted by molar-refractivity contribution is 5.39. The van der Waals surface area contributed by atoms with E-state index in [2.05, 4.69) is 0 Å². The molecule has 4 heteroatoms. The molecule has 0 aliphatic heterocycles. The van der Waals surface area contributed by atoms with Gasteiger partial charge in [0.2, 0.25) is 0 Å². The number of fused-ring (bicyclic) bond motifs is 1. The first-order valence-corrected chi connectivity index (χ1v) is 6.01. The van der Waals surface area contributed by atoms with E-state index in [1.165, 1.54) is 5.56 Å². The minimum absolute atomic E-state index is 0.0880. The summed E-state index contributed by atoms with van der Waals surface area (Å²) in [6.07, 6.45) is 2.38. The van der Waals surface area contributed by atoms with E-state index < -0.39 is 6.10 Å². The molecule has 0 aromatic heterocycles. The van der Waals surface area contributed by atoms with E-state index in [-0.39, 0.29) is 19.3 Å². The molecule has 0 saturated carbocycles. The van der Waals surface area contributed by atoms with Crippen LogP contribution in [0.3, 0.4) is 0 Å². The second kappa shape index (κ2) is 5.49. The van der Waals surface area contributed by atoms with Gasteiger partial charge in [0.05, 0.1) is 6.61 Å². The molecule has 0 heterocycles. The van der Waals surface area contributed by atoms with Crippen LogP contribution in [-0.4, -0.2) is 29.5 Å². The average Bonchev–Trinajstić information content (AvgIpc) is 2.36. The molecule has 0 spiro atoms. The molecule has 1 aromatic rings. The summed E-state index contributed by atoms with van der Waals surface area (Å²) < 4.78 is 5.41. The predicted octanol–water partition coefficient (Wildman–Crippen LogP) is 0.755. The number of nitrogens with two attached hydrogens (primary N) is 1. The van der Waals surface area contributed by atoms with Crippen molar-refractivity contribution in [1.82, 2.24) is 0 Å². The Hall–Kier alpha value is -1.10. The van der Waals surface area contributed by atoms with E-state index in [9.17, 15) is 5.11 Å². The molecule has 1 unspecified atom stereocenters. The lowest BCUT2D eigenvalue weighted by molar-refractivity contribution is 0.0535. The van der Waals surface area contributed by atoms with Gasteiger partial charge in [0.1, 0.15) is 18.5 Å². The Morgan fingerprint density at radius 3 is 3.06 bits per heavy atom. The molecule has 4 N–H and O–H groups in total. The topological polar surface area (TPSA) is 75.7 Å². The third-order valence-corrected chi connectivity index (χ3v) is 3.13. The molecule has 0 saturated heterocycles. The zero-order valence-electron chi connectivity index (χ0n) is 9.80. The molecule has 94 valence electrons. The Bertz CT molecular complexity index is 381. The maximum Gasteiger partial charge on any atom is 0.119 e. The van der Waals surface area contributed by atoms with Crippen LogP contribution in [-0.2, 0) is 6.42 Å². The van der Waals surface area contributed by atoms with Crippen molar-refractivity contribution in [2.24, 2.45) is 5.73 Å². The van der Waals surface area contributed by atoms with Crippen LogP contribution in [0.5, 0.6) is 5.75 Å². The van der Waals surface area contributed by atoms with Crippen molar-refractivity contribution in [2.75, 3.05) is 13.2 Å². The van der Waals surface area contributed by atoms with Crippen molar-refractivity contribution >= 4 is 0 Å². The first-order valence-electron chi connectivity index (χ1n) is 6.01. The lowest BCUT2D eigenvalue weighted by atomic mass is 9.88. The Morgan fingerprint density at radius 2 is 2.29 bits per heavy atom. The van der Waals surface area contributed by atoms with Crippen LogP contribution in [0.1, 0.15) is 30.0 Å². The van der Waals surface area contributed by atoms with Crippen LogP contribution in [0.2, 0.25) is 0 Å². The summed E-state index contributed by atoms with van der Waals surface area (Å²) in [5, 5.41) is 17.9. The zero-order chi connectivity index (χ0) is 12.3. The number of hydrogen-bond donors (Lipinski definition) is 3. The van der Waals surface area contributed by atoms with Crippen LogP contribution in [0.4, 0.5) is 0 Å². The van der Waals surface area contributed by atoms with E-state index >= 15 is 0 Å². The Morgan fingerprint density at radius 1 is 1.47 bits per heavy atom. The van der Waals surface area contributed by atoms with Gasteiger partial charge in [0.15, 0.2) is 0 Å². The fourth-order valence-corrected chi connectivity index (χ4v) is 2.15. The number of aliphatic hydroxyl groups excluding tert-OH is 2. The van der Waals surface area contributed by atoms with Crippen LogP contribution in [0.25, 0.3) is 0 Å². The predicted molar refractivity (Wildman–Crippen MR) is 64.9 cm³/mol. The monoisotopic (exact) mass is 237 g/mol. The first-order chi connectivity index (χ1) is 8.20. The minimum Gasteiger partial charge on any atom is -0.491 e. The highest BCUT2D eigenvalue weighted by Crippen LogP contribution is 2.30. The van der Waals surface area contributed by atoms with Gasteiger partial charge in [-0.3, -0.25) is 0 Å². The van der Waals surface area contributed by atoms with Gasteiger partial charge >= 0.3 is 0 Å². The number of rotatable bonds is 4. The molecule has 1 aliphatic rings. The van der Waals surface area contributed by atoms with Crippen LogP contribution in [0, 0.1) is 0 Å². The number of aryl methyl sites for hydroxylation is 1. The van der Waals surface area contributed by atoms with Crippen molar-refractivity contribution in [3.05, 3.63) is 29.3 Å². The standard InChI is InChI=1S/C13H19NO3/c14-13-3-1-2-9-4-5-11(6-12(9)13)17-8-10(16)7-15/h4-6,10,13,15-16H,1-3,7-8,14H2/t10?,13-/m0/s1. The minimum atomic E-state index is -0.834. The highest BCUT2D eigenvalue weighted by atomic mass is 16.5. The summed E-state index contributed by atoms with van der Waals surface area (Å²) >= 11 is 0. The normalized spacial score (nSPS) is 20.8. The molecule has 2 atom stereocenters. The highest BCUT2D eigenvalue weighted by Gasteiger charge is 2.17. The number of benzene rings is 1. The van der Waals surface area contributed by atoms with Gasteiger partial charge in [-0.05, 0) is 42.5 Å². The number of ether oxygens (including phenoxy) is 1. The summed E-state index contributed by atoms with van der Waals surface area (Å²) in [5.41, 5.74) is 8.49. The van der Waals surface area contributed by atoms with E-state index in [4.69, 9.17) is 15.6 Å². The molecule has 0 amide bonds. The summed E-state index contributed by atoms with van der Waals surface area (Å²) in [6, 6.07) is 5.96. The fraction of sp³-hybridized carbons (Fsp3) is 0.538. The molecular formula is C13H19NO3. The van der Waals surface area contributed by atoms with Crippen molar-refractivity contribution in [1.29, 1.82) is 0 Å². The molecule has 0 bridgehead atoms. The van der Waals surface area contributed by atoms with Crippen molar-refractivity contribution in [2.45, 2.75) is 31.4 Å². The Kier molecular flexibility index (Phi) is 3.99. The summed E-state index contributed by atoms with van der Waals surface area (Å²) in [6.45, 7) is -0.186. The lowest BCUT2D eigenvalue weighted by Crippen LogP contribution is -2.22. The smallest absolute Gasteiger partial charge is 0.119 e. The molecule has 17 heavy (non-hydrogen) atoms. The van der Waals surface area contributed by atoms with Gasteiger partial charge in [0.25, 0.3) is 0 Å². The molecule has 1 aromatic carbocycles. The van der Waals surface area contributed by atoms with Gasteiger partial charge in [-0.25, -0.2) is 0 Å². The summed E-state index contributed by atoms with van der Waals surface area (Å²) in [7, 11) is 0. The molecule has 0 radical (unpaired) electrons. The molecular weight excluding hydrogens is 218 g/mol. The van der Waals surface area contributed by atoms with E-state index in [0.717, 1.165) is 24.8 Å². The van der Waals surface area contributed by atoms with E-state index in [1.54, 1.807) is 0 Å². The summed E-state index contributed by atoms with van der Waals surface area (Å²) in [5.74, 6) is 0.702. The van der Waals surface area contributed by atoms with Gasteiger partial charge in [-0.2, -0.15) is 0 Å². The quantitative estimate of drug-likeness (QED) is 0.722. The first kappa shape index (κ1) is 12.4. The average molecular weight is 237 g/mol. The van der Waals surface area contributed by atoms with Crippen LogP contribution >= 0.6 is 0 Å². The number of hydrogen-bond acceptors (Lipinski definition) is 4. The van der Waals surface area contributed by atoms with Crippen molar-refractivity contribution in [3.8, 4) is 5.75 Å². The zero-order valence-corrected chi connectivity index (χ0v) is 9.80. The SMILES string of the molecule is N[C@H]1CCCc2ccc(OCC(O)CO)cc21. The van der Waals surface area contributed by atoms with Crippen molar-refractivity contribution in [3.63, 3.8) is 0 Å². The third kappa shape index (κ3) is 2.97. The molecule has 1 aliphatic carbocycles. The van der Waals surface area contributed by atoms with Gasteiger partial charge in [-0.1, -0.05) is 6.07 Å². The Balaban J connectivity index is 2.07. The lowest BCUT2D eigenvalue weighted by Gasteiger charge is -2.23. The largest absolute Gasteiger partial charge is 0.491 e. The maximum absolute atomic E-state index is 9.21. The Labute approximate surface area is 101 Å².